The van der Waals surface area contributed by atoms with E-state index in [1.54, 1.807) is 30.3 Å². The van der Waals surface area contributed by atoms with Gasteiger partial charge in [0.2, 0.25) is 5.91 Å². The van der Waals surface area contributed by atoms with E-state index in [4.69, 9.17) is 17.2 Å². The molecule has 8 nitrogen and oxygen atoms in total. The van der Waals surface area contributed by atoms with Gasteiger partial charge in [-0.1, -0.05) is 32.0 Å². The molecule has 0 aliphatic carbocycles. The second kappa shape index (κ2) is 12.9. The second-order valence-corrected chi connectivity index (χ2v) is 6.77. The molecule has 0 saturated heterocycles. The van der Waals surface area contributed by atoms with Crippen molar-refractivity contribution < 1.29 is 14.4 Å². The maximum atomic E-state index is 12.9. The lowest BCUT2D eigenvalue weighted by Crippen LogP contribution is -2.52. The van der Waals surface area contributed by atoms with Gasteiger partial charge in [0.05, 0.1) is 12.1 Å². The number of imide groups is 1. The number of guanidine groups is 1. The highest BCUT2D eigenvalue weighted by molar-refractivity contribution is 6.07. The number of aliphatic imine (C=N–C) groups is 1. The van der Waals surface area contributed by atoms with Crippen molar-refractivity contribution in [3.05, 3.63) is 35.9 Å². The predicted molar refractivity (Wildman–Crippen MR) is 112 cm³/mol. The van der Waals surface area contributed by atoms with E-state index in [1.807, 2.05) is 13.8 Å². The van der Waals surface area contributed by atoms with Crippen LogP contribution in [0.3, 0.4) is 0 Å². The molecule has 2 atom stereocenters. The normalized spacial score (nSPS) is 12.4. The molecule has 2 amide bonds. The standard InChI is InChI=1S/C19H29N5O3.ClH/c1-13(2)11-16(20)18(27)24(17(26)14-7-4-3-5-8-14)15(12-25)9-6-10-23-19(21)22;/h3-5,7-8,12-13,15-16H,6,9-11,20H2,1-2H3,(H4,21,22,23);1H/t15-,16-;/m0./s1. The Balaban J connectivity index is 0.00000729. The molecule has 0 aliphatic heterocycles. The van der Waals surface area contributed by atoms with Gasteiger partial charge in [-0.3, -0.25) is 19.5 Å². The minimum Gasteiger partial charge on any atom is -0.370 e. The van der Waals surface area contributed by atoms with E-state index >= 15 is 0 Å². The Morgan fingerprint density at radius 3 is 2.29 bits per heavy atom. The first-order valence-corrected chi connectivity index (χ1v) is 8.96. The number of hydrogen-bond acceptors (Lipinski definition) is 5. The second-order valence-electron chi connectivity index (χ2n) is 6.77. The molecule has 0 fully saturated rings. The Morgan fingerprint density at radius 1 is 1.18 bits per heavy atom. The van der Waals surface area contributed by atoms with Crippen molar-refractivity contribution >= 4 is 36.5 Å². The zero-order chi connectivity index (χ0) is 20.4. The molecule has 0 spiro atoms. The maximum Gasteiger partial charge on any atom is 0.261 e. The number of nitrogens with two attached hydrogens (primary N) is 3. The van der Waals surface area contributed by atoms with Gasteiger partial charge in [-0.05, 0) is 37.3 Å². The molecular weight excluding hydrogens is 382 g/mol. The number of nitrogens with zero attached hydrogens (tertiary/aromatic N) is 2. The third-order valence-electron chi connectivity index (χ3n) is 3.96. The van der Waals surface area contributed by atoms with Gasteiger partial charge in [0, 0.05) is 12.1 Å². The third kappa shape index (κ3) is 8.06. The molecule has 1 aromatic rings. The van der Waals surface area contributed by atoms with E-state index in [2.05, 4.69) is 4.99 Å². The number of aldehydes is 1. The highest BCUT2D eigenvalue weighted by Gasteiger charge is 2.33. The maximum absolute atomic E-state index is 12.9. The fourth-order valence-electron chi connectivity index (χ4n) is 2.69. The fraction of sp³-hybridized carbons (Fsp3) is 0.474. The Hall–Kier alpha value is -2.45. The molecule has 0 bridgehead atoms. The number of carbonyl (C=O) groups is 3. The quantitative estimate of drug-likeness (QED) is 0.227. The SMILES string of the molecule is CC(C)C[C@H](N)C(=O)N(C(=O)c1ccccc1)[C@H](C=O)CCCN=C(N)N.Cl. The molecule has 0 radical (unpaired) electrons. The van der Waals surface area contributed by atoms with Crippen molar-refractivity contribution in [1.82, 2.24) is 4.90 Å². The first kappa shape index (κ1) is 25.6. The molecule has 28 heavy (non-hydrogen) atoms. The summed E-state index contributed by atoms with van der Waals surface area (Å²) < 4.78 is 0. The van der Waals surface area contributed by atoms with Crippen LogP contribution in [0.4, 0.5) is 0 Å². The molecule has 1 aromatic carbocycles. The zero-order valence-corrected chi connectivity index (χ0v) is 17.1. The Bertz CT molecular complexity index is 663. The minimum absolute atomic E-state index is 0. The number of halogens is 1. The summed E-state index contributed by atoms with van der Waals surface area (Å²) in [5, 5.41) is 0. The van der Waals surface area contributed by atoms with Gasteiger partial charge in [-0.2, -0.15) is 0 Å². The van der Waals surface area contributed by atoms with Crippen LogP contribution in [0.5, 0.6) is 0 Å². The van der Waals surface area contributed by atoms with Crippen molar-refractivity contribution in [2.24, 2.45) is 28.1 Å². The van der Waals surface area contributed by atoms with Gasteiger partial charge < -0.3 is 22.0 Å². The van der Waals surface area contributed by atoms with Crippen LogP contribution in [-0.4, -0.2) is 47.6 Å². The highest BCUT2D eigenvalue weighted by Crippen LogP contribution is 2.15. The topological polar surface area (TPSA) is 145 Å². The zero-order valence-electron chi connectivity index (χ0n) is 16.3. The van der Waals surface area contributed by atoms with Gasteiger partial charge in [0.15, 0.2) is 5.96 Å². The van der Waals surface area contributed by atoms with E-state index in [0.29, 0.717) is 31.2 Å². The molecular formula is C19H30ClN5O3. The summed E-state index contributed by atoms with van der Waals surface area (Å²) in [6, 6.07) is 6.54. The Labute approximate surface area is 171 Å². The molecule has 0 aromatic heterocycles. The summed E-state index contributed by atoms with van der Waals surface area (Å²) in [5.74, 6) is -0.977. The average Bonchev–Trinajstić information content (AvgIpc) is 2.63. The van der Waals surface area contributed by atoms with Crippen LogP contribution in [0, 0.1) is 5.92 Å². The fourth-order valence-corrected chi connectivity index (χ4v) is 2.69. The van der Waals surface area contributed by atoms with Crippen LogP contribution in [0.2, 0.25) is 0 Å². The van der Waals surface area contributed by atoms with Crippen LogP contribution in [0.25, 0.3) is 0 Å². The molecule has 6 N–H and O–H groups in total. The lowest BCUT2D eigenvalue weighted by atomic mass is 10.0. The van der Waals surface area contributed by atoms with Gasteiger partial charge >= 0.3 is 0 Å². The van der Waals surface area contributed by atoms with Crippen LogP contribution in [-0.2, 0) is 9.59 Å². The summed E-state index contributed by atoms with van der Waals surface area (Å²) in [5.41, 5.74) is 16.9. The average molecular weight is 412 g/mol. The van der Waals surface area contributed by atoms with Crippen LogP contribution >= 0.6 is 12.4 Å². The van der Waals surface area contributed by atoms with Crippen molar-refractivity contribution in [2.75, 3.05) is 6.54 Å². The Morgan fingerprint density at radius 2 is 1.79 bits per heavy atom. The first-order chi connectivity index (χ1) is 12.8. The number of amides is 2. The van der Waals surface area contributed by atoms with E-state index < -0.39 is 23.9 Å². The molecule has 9 heteroatoms. The summed E-state index contributed by atoms with van der Waals surface area (Å²) >= 11 is 0. The molecule has 1 rings (SSSR count). The summed E-state index contributed by atoms with van der Waals surface area (Å²) in [6.07, 6.45) is 1.69. The lowest BCUT2D eigenvalue weighted by Gasteiger charge is -2.29. The highest BCUT2D eigenvalue weighted by atomic mass is 35.5. The predicted octanol–water partition coefficient (Wildman–Crippen LogP) is 1.07. The van der Waals surface area contributed by atoms with Gasteiger partial charge in [-0.25, -0.2) is 0 Å². The third-order valence-corrected chi connectivity index (χ3v) is 3.96. The molecule has 0 heterocycles. The first-order valence-electron chi connectivity index (χ1n) is 8.96. The van der Waals surface area contributed by atoms with Gasteiger partial charge in [0.25, 0.3) is 5.91 Å². The summed E-state index contributed by atoms with van der Waals surface area (Å²) in [7, 11) is 0. The van der Waals surface area contributed by atoms with Gasteiger partial charge in [0.1, 0.15) is 6.29 Å². The molecule has 0 saturated carbocycles. The molecule has 156 valence electrons. The van der Waals surface area contributed by atoms with E-state index in [-0.39, 0.29) is 30.7 Å². The summed E-state index contributed by atoms with van der Waals surface area (Å²) in [6.45, 7) is 4.16. The Kier molecular flexibility index (Phi) is 11.7. The van der Waals surface area contributed by atoms with Crippen molar-refractivity contribution in [3.8, 4) is 0 Å². The number of hydrogen-bond donors (Lipinski definition) is 3. The summed E-state index contributed by atoms with van der Waals surface area (Å²) in [4.78, 5) is 42.3. The van der Waals surface area contributed by atoms with Crippen molar-refractivity contribution in [1.29, 1.82) is 0 Å². The van der Waals surface area contributed by atoms with Crippen LogP contribution in [0.1, 0.15) is 43.5 Å². The van der Waals surface area contributed by atoms with Crippen molar-refractivity contribution in [2.45, 2.75) is 45.2 Å². The van der Waals surface area contributed by atoms with Crippen molar-refractivity contribution in [3.63, 3.8) is 0 Å². The number of benzene rings is 1. The van der Waals surface area contributed by atoms with E-state index in [0.717, 1.165) is 4.90 Å². The van der Waals surface area contributed by atoms with E-state index in [1.165, 1.54) is 0 Å². The van der Waals surface area contributed by atoms with Crippen LogP contribution < -0.4 is 17.2 Å². The van der Waals surface area contributed by atoms with Gasteiger partial charge in [-0.15, -0.1) is 12.4 Å². The van der Waals surface area contributed by atoms with Crippen LogP contribution in [0.15, 0.2) is 35.3 Å². The number of carbonyl (C=O) groups excluding carboxylic acids is 3. The lowest BCUT2D eigenvalue weighted by molar-refractivity contribution is -0.135. The minimum atomic E-state index is -0.933. The molecule has 0 unspecified atom stereocenters. The smallest absolute Gasteiger partial charge is 0.261 e. The molecule has 0 aliphatic rings. The largest absolute Gasteiger partial charge is 0.370 e. The van der Waals surface area contributed by atoms with E-state index in [9.17, 15) is 14.4 Å². The monoisotopic (exact) mass is 411 g/mol. The number of rotatable bonds is 10.